The third kappa shape index (κ3) is 1.48. The van der Waals surface area contributed by atoms with E-state index in [4.69, 9.17) is 17.3 Å². The lowest BCUT2D eigenvalue weighted by Gasteiger charge is -2.01. The van der Waals surface area contributed by atoms with Crippen LogP contribution in [0.1, 0.15) is 0 Å². The highest BCUT2D eigenvalue weighted by Gasteiger charge is 2.15. The molecule has 0 saturated carbocycles. The number of nitrogens with two attached hydrogens (primary N) is 1. The predicted octanol–water partition coefficient (Wildman–Crippen LogP) is 2.21. The summed E-state index contributed by atoms with van der Waals surface area (Å²) in [7, 11) is 3.74. The molecule has 2 heterocycles. The van der Waals surface area contributed by atoms with Crippen molar-refractivity contribution < 1.29 is 0 Å². The first kappa shape index (κ1) is 11.1. The number of anilines is 1. The predicted molar refractivity (Wildman–Crippen MR) is 72.3 cm³/mol. The van der Waals surface area contributed by atoms with Crippen LogP contribution in [0.2, 0.25) is 5.02 Å². The molecule has 0 bridgehead atoms. The molecule has 0 saturated heterocycles. The minimum atomic E-state index is 0.597. The van der Waals surface area contributed by atoms with E-state index in [0.717, 1.165) is 22.4 Å². The van der Waals surface area contributed by atoms with Gasteiger partial charge in [-0.15, -0.1) is 0 Å². The van der Waals surface area contributed by atoms with Gasteiger partial charge in [0.15, 0.2) is 0 Å². The summed E-state index contributed by atoms with van der Waals surface area (Å²) >= 11 is 6.00. The van der Waals surface area contributed by atoms with Crippen molar-refractivity contribution in [3.8, 4) is 11.4 Å². The second-order valence-corrected chi connectivity index (χ2v) is 4.63. The standard InChI is InChI=1S/C12H12ClN5/c1-17-10-5-7(13)3-4-9(10)16-12(17)8-6-15-18(2)11(8)14/h3-6H,14H2,1-2H3. The van der Waals surface area contributed by atoms with Crippen molar-refractivity contribution >= 4 is 28.5 Å². The SMILES string of the molecule is Cn1ncc(-c2nc3ccc(Cl)cc3n2C)c1N. The smallest absolute Gasteiger partial charge is 0.146 e. The Balaban J connectivity index is 2.30. The average Bonchev–Trinajstić information content (AvgIpc) is 2.83. The number of imidazole rings is 1. The fourth-order valence-corrected chi connectivity index (χ4v) is 2.19. The maximum Gasteiger partial charge on any atom is 0.146 e. The van der Waals surface area contributed by atoms with Gasteiger partial charge in [0.05, 0.1) is 22.8 Å². The summed E-state index contributed by atoms with van der Waals surface area (Å²) in [6, 6.07) is 5.61. The first-order valence-corrected chi connectivity index (χ1v) is 5.85. The molecule has 3 aromatic rings. The zero-order valence-electron chi connectivity index (χ0n) is 10.1. The zero-order valence-corrected chi connectivity index (χ0v) is 10.8. The Morgan fingerprint density at radius 3 is 2.72 bits per heavy atom. The summed E-state index contributed by atoms with van der Waals surface area (Å²) in [4.78, 5) is 4.57. The minimum Gasteiger partial charge on any atom is -0.383 e. The number of nitrogen functional groups attached to an aromatic ring is 1. The third-order valence-corrected chi connectivity index (χ3v) is 3.30. The van der Waals surface area contributed by atoms with Crippen molar-refractivity contribution in [2.45, 2.75) is 0 Å². The summed E-state index contributed by atoms with van der Waals surface area (Å²) in [6.45, 7) is 0. The molecule has 6 heteroatoms. The summed E-state index contributed by atoms with van der Waals surface area (Å²) in [5.41, 5.74) is 8.66. The highest BCUT2D eigenvalue weighted by Crippen LogP contribution is 2.28. The van der Waals surface area contributed by atoms with E-state index in [1.54, 1.807) is 17.9 Å². The molecule has 0 atom stereocenters. The fourth-order valence-electron chi connectivity index (χ4n) is 2.02. The van der Waals surface area contributed by atoms with E-state index in [1.807, 2.05) is 29.8 Å². The molecule has 0 aliphatic carbocycles. The van der Waals surface area contributed by atoms with Crippen molar-refractivity contribution in [3.63, 3.8) is 0 Å². The van der Waals surface area contributed by atoms with E-state index in [1.165, 1.54) is 0 Å². The van der Waals surface area contributed by atoms with Crippen molar-refractivity contribution in [2.75, 3.05) is 5.73 Å². The highest BCUT2D eigenvalue weighted by atomic mass is 35.5. The largest absolute Gasteiger partial charge is 0.383 e. The molecule has 1 aromatic carbocycles. The number of nitrogens with zero attached hydrogens (tertiary/aromatic N) is 4. The van der Waals surface area contributed by atoms with E-state index < -0.39 is 0 Å². The maximum absolute atomic E-state index is 6.00. The van der Waals surface area contributed by atoms with Gasteiger partial charge in [0.2, 0.25) is 0 Å². The molecule has 0 aliphatic rings. The summed E-state index contributed by atoms with van der Waals surface area (Å²) < 4.78 is 3.59. The zero-order chi connectivity index (χ0) is 12.9. The van der Waals surface area contributed by atoms with Gasteiger partial charge in [0, 0.05) is 19.1 Å². The first-order valence-electron chi connectivity index (χ1n) is 5.48. The monoisotopic (exact) mass is 261 g/mol. The topological polar surface area (TPSA) is 61.7 Å². The number of rotatable bonds is 1. The van der Waals surface area contributed by atoms with Gasteiger partial charge in [-0.2, -0.15) is 5.10 Å². The molecule has 0 spiro atoms. The summed E-state index contributed by atoms with van der Waals surface area (Å²) in [5, 5.41) is 4.82. The number of benzene rings is 1. The Labute approximate surface area is 109 Å². The van der Waals surface area contributed by atoms with Crippen molar-refractivity contribution in [1.29, 1.82) is 0 Å². The van der Waals surface area contributed by atoms with Crippen LogP contribution in [0, 0.1) is 0 Å². The van der Waals surface area contributed by atoms with Gasteiger partial charge < -0.3 is 10.3 Å². The molecule has 0 unspecified atom stereocenters. The van der Waals surface area contributed by atoms with E-state index >= 15 is 0 Å². The third-order valence-electron chi connectivity index (χ3n) is 3.07. The molecule has 0 radical (unpaired) electrons. The normalized spacial score (nSPS) is 11.3. The Morgan fingerprint density at radius 1 is 1.28 bits per heavy atom. The molecular formula is C12H12ClN5. The molecule has 0 amide bonds. The van der Waals surface area contributed by atoms with Crippen molar-refractivity contribution in [3.05, 3.63) is 29.4 Å². The van der Waals surface area contributed by atoms with E-state index in [2.05, 4.69) is 10.1 Å². The molecule has 18 heavy (non-hydrogen) atoms. The average molecular weight is 262 g/mol. The van der Waals surface area contributed by atoms with Gasteiger partial charge in [0.25, 0.3) is 0 Å². The van der Waals surface area contributed by atoms with Gasteiger partial charge in [-0.3, -0.25) is 4.68 Å². The Morgan fingerprint density at radius 2 is 2.06 bits per heavy atom. The maximum atomic E-state index is 6.00. The van der Waals surface area contributed by atoms with Crippen molar-refractivity contribution in [1.82, 2.24) is 19.3 Å². The van der Waals surface area contributed by atoms with Crippen LogP contribution in [0.25, 0.3) is 22.4 Å². The number of halogens is 1. The van der Waals surface area contributed by atoms with E-state index in [0.29, 0.717) is 10.8 Å². The number of hydrogen-bond acceptors (Lipinski definition) is 3. The lowest BCUT2D eigenvalue weighted by Crippen LogP contribution is -2.00. The molecule has 0 fully saturated rings. The lowest BCUT2D eigenvalue weighted by molar-refractivity contribution is 0.779. The first-order chi connectivity index (χ1) is 8.58. The molecule has 5 nitrogen and oxygen atoms in total. The fraction of sp³-hybridized carbons (Fsp3) is 0.167. The van der Waals surface area contributed by atoms with Crippen LogP contribution in [0.5, 0.6) is 0 Å². The van der Waals surface area contributed by atoms with Gasteiger partial charge in [0.1, 0.15) is 11.6 Å². The molecule has 2 aromatic heterocycles. The minimum absolute atomic E-state index is 0.597. The molecule has 2 N–H and O–H groups in total. The van der Waals surface area contributed by atoms with Gasteiger partial charge in [-0.05, 0) is 18.2 Å². The highest BCUT2D eigenvalue weighted by molar-refractivity contribution is 6.31. The Hall–Kier alpha value is -2.01. The molecule has 0 aliphatic heterocycles. The van der Waals surface area contributed by atoms with Crippen LogP contribution >= 0.6 is 11.6 Å². The Bertz CT molecular complexity index is 740. The summed E-state index contributed by atoms with van der Waals surface area (Å²) in [6.07, 6.45) is 1.72. The number of aromatic nitrogens is 4. The van der Waals surface area contributed by atoms with Crippen LogP contribution < -0.4 is 5.73 Å². The second kappa shape index (κ2) is 3.74. The van der Waals surface area contributed by atoms with Crippen LogP contribution in [-0.4, -0.2) is 19.3 Å². The van der Waals surface area contributed by atoms with Gasteiger partial charge in [-0.25, -0.2) is 4.98 Å². The van der Waals surface area contributed by atoms with Crippen LogP contribution in [0.4, 0.5) is 5.82 Å². The molecule has 3 rings (SSSR count). The number of fused-ring (bicyclic) bond motifs is 1. The van der Waals surface area contributed by atoms with E-state index in [-0.39, 0.29) is 0 Å². The van der Waals surface area contributed by atoms with Crippen molar-refractivity contribution in [2.24, 2.45) is 14.1 Å². The Kier molecular flexibility index (Phi) is 2.31. The number of hydrogen-bond donors (Lipinski definition) is 1. The quantitative estimate of drug-likeness (QED) is 0.731. The van der Waals surface area contributed by atoms with E-state index in [9.17, 15) is 0 Å². The van der Waals surface area contributed by atoms with Crippen LogP contribution in [0.15, 0.2) is 24.4 Å². The second-order valence-electron chi connectivity index (χ2n) is 4.19. The molecule has 92 valence electrons. The molecular weight excluding hydrogens is 250 g/mol. The number of aryl methyl sites for hydroxylation is 2. The van der Waals surface area contributed by atoms with Gasteiger partial charge in [-0.1, -0.05) is 11.6 Å². The van der Waals surface area contributed by atoms with Gasteiger partial charge >= 0.3 is 0 Å². The summed E-state index contributed by atoms with van der Waals surface area (Å²) in [5.74, 6) is 1.39. The van der Waals surface area contributed by atoms with Crippen LogP contribution in [-0.2, 0) is 14.1 Å². The lowest BCUT2D eigenvalue weighted by atomic mass is 10.3. The van der Waals surface area contributed by atoms with Crippen LogP contribution in [0.3, 0.4) is 0 Å².